The number of hydrogen-bond acceptors (Lipinski definition) is 2. The Labute approximate surface area is 305 Å². The molecule has 0 bridgehead atoms. The molecule has 2 heterocycles. The zero-order valence-electron chi connectivity index (χ0n) is 21.8. The van der Waals surface area contributed by atoms with E-state index in [-0.39, 0.29) is 20.6 Å². The minimum absolute atomic E-state index is 0.113. The molecule has 1 N–H and O–H groups in total. The van der Waals surface area contributed by atoms with Crippen molar-refractivity contribution in [3.8, 4) is 22.9 Å². The molecule has 6 rings (SSSR count). The van der Waals surface area contributed by atoms with E-state index in [1.807, 2.05) is 30.5 Å². The van der Waals surface area contributed by atoms with E-state index in [2.05, 4.69) is 111 Å². The van der Waals surface area contributed by atoms with Gasteiger partial charge in [-0.25, -0.2) is 8.78 Å². The molecule has 0 aliphatic rings. The first-order valence-electron chi connectivity index (χ1n) is 12.1. The van der Waals surface area contributed by atoms with Crippen LogP contribution in [0.3, 0.4) is 0 Å². The highest BCUT2D eigenvalue weighted by molar-refractivity contribution is 9.69. The van der Waals surface area contributed by atoms with Crippen molar-refractivity contribution >= 4 is 136 Å². The summed E-state index contributed by atoms with van der Waals surface area (Å²) in [6.07, 6.45) is 3.57. The van der Waals surface area contributed by atoms with Crippen molar-refractivity contribution in [2.45, 2.75) is 0 Å². The van der Waals surface area contributed by atoms with Gasteiger partial charge in [0.05, 0.1) is 29.5 Å². The molecule has 0 fully saturated rings. The van der Waals surface area contributed by atoms with Crippen molar-refractivity contribution in [3.05, 3.63) is 115 Å². The number of hydrogen-bond donors (Lipinski definition) is 1. The average Bonchev–Trinajstić information content (AvgIpc) is 3.61. The van der Waals surface area contributed by atoms with Gasteiger partial charge in [-0.1, -0.05) is 63.7 Å². The molecule has 43 heavy (non-hydrogen) atoms. The Kier molecular flexibility index (Phi) is 12.4. The van der Waals surface area contributed by atoms with Gasteiger partial charge in [0, 0.05) is 41.1 Å². The third-order valence-corrected chi connectivity index (χ3v) is 8.46. The molecular formula is C29H18BBr7F2N2O2. The van der Waals surface area contributed by atoms with E-state index in [0.717, 1.165) is 34.2 Å². The summed E-state index contributed by atoms with van der Waals surface area (Å²) in [5.41, 5.74) is 2.27. The monoisotopic (exact) mass is 1030 g/mol. The van der Waals surface area contributed by atoms with Crippen molar-refractivity contribution in [1.82, 2.24) is 9.13 Å². The predicted octanol–water partition coefficient (Wildman–Crippen LogP) is 12.5. The molecule has 0 saturated carbocycles. The molecule has 2 aromatic heterocycles. The first-order valence-corrected chi connectivity index (χ1v) is 18.0. The van der Waals surface area contributed by atoms with Crippen LogP contribution in [0, 0.1) is 11.6 Å². The van der Waals surface area contributed by atoms with Gasteiger partial charge in [-0.2, -0.15) is 0 Å². The van der Waals surface area contributed by atoms with Gasteiger partial charge < -0.3 is 19.0 Å². The normalized spacial score (nSPS) is 10.7. The van der Waals surface area contributed by atoms with Gasteiger partial charge in [0.1, 0.15) is 23.1 Å². The van der Waals surface area contributed by atoms with Crippen LogP contribution in [0.1, 0.15) is 0 Å². The van der Waals surface area contributed by atoms with E-state index >= 15 is 0 Å². The lowest BCUT2D eigenvalue weighted by Crippen LogP contribution is -1.98. The standard InChI is InChI=1S/C15H10Br2FNO.C14H8Br2FNO.BBr3/c1-20-14-5-3-11(17)10-6-7-19(15(10)14)13-8-9(16)2-4-12(13)18;15-8-1-3-11(17)12(7-8)18-6-5-9-10(16)2-4-13(19)14(9)18;2-1(3)4/h2-8H,1H3;1-7,19H;. The molecule has 4 nitrogen and oxygen atoms in total. The highest BCUT2D eigenvalue weighted by Crippen LogP contribution is 2.36. The number of halogens is 9. The first-order chi connectivity index (χ1) is 20.4. The molecule has 0 amide bonds. The van der Waals surface area contributed by atoms with Gasteiger partial charge >= 0.3 is 3.18 Å². The number of methoxy groups -OCH3 is 1. The lowest BCUT2D eigenvalue weighted by atomic mass is 10.2. The van der Waals surface area contributed by atoms with Crippen molar-refractivity contribution in [2.24, 2.45) is 0 Å². The molecule has 14 heteroatoms. The Hall–Kier alpha value is -1.16. The number of benzene rings is 4. The fraction of sp³-hybridized carbons (Fsp3) is 0.0345. The van der Waals surface area contributed by atoms with Crippen molar-refractivity contribution < 1.29 is 18.6 Å². The van der Waals surface area contributed by atoms with Gasteiger partial charge in [-0.15, -0.1) is 47.3 Å². The quantitative estimate of drug-likeness (QED) is 0.179. The number of phenols is 1. The number of nitrogens with zero attached hydrogens (tertiary/aromatic N) is 2. The molecule has 0 radical (unpaired) electrons. The van der Waals surface area contributed by atoms with Crippen LogP contribution in [0.5, 0.6) is 11.5 Å². The second-order valence-electron chi connectivity index (χ2n) is 8.65. The molecule has 0 unspecified atom stereocenters. The van der Waals surface area contributed by atoms with Crippen molar-refractivity contribution in [1.29, 1.82) is 0 Å². The van der Waals surface area contributed by atoms with E-state index in [9.17, 15) is 13.9 Å². The number of aromatic hydroxyl groups is 1. The van der Waals surface area contributed by atoms with E-state index < -0.39 is 0 Å². The second kappa shape index (κ2) is 15.4. The molecule has 6 aromatic rings. The van der Waals surface area contributed by atoms with Crippen LogP contribution in [-0.2, 0) is 0 Å². The van der Waals surface area contributed by atoms with Crippen LogP contribution >= 0.6 is 111 Å². The number of aromatic nitrogens is 2. The minimum atomic E-state index is -0.347. The molecule has 222 valence electrons. The van der Waals surface area contributed by atoms with E-state index in [4.69, 9.17) is 4.74 Å². The predicted molar refractivity (Wildman–Crippen MR) is 198 cm³/mol. The van der Waals surface area contributed by atoms with Gasteiger partial charge in [0.2, 0.25) is 0 Å². The first kappa shape index (κ1) is 34.7. The summed E-state index contributed by atoms with van der Waals surface area (Å²) in [5.74, 6) is 0.183. The second-order valence-corrected chi connectivity index (χ2v) is 18.6. The molecule has 0 spiro atoms. The maximum absolute atomic E-state index is 14.1. The average molecular weight is 1030 g/mol. The van der Waals surface area contributed by atoms with Crippen molar-refractivity contribution in [2.75, 3.05) is 7.11 Å². The maximum atomic E-state index is 14.1. The molecule has 0 atom stereocenters. The van der Waals surface area contributed by atoms with E-state index in [1.54, 1.807) is 58.8 Å². The summed E-state index contributed by atoms with van der Waals surface area (Å²) in [6, 6.07) is 20.5. The fourth-order valence-corrected chi connectivity index (χ4v) is 5.91. The van der Waals surface area contributed by atoms with Gasteiger partial charge in [0.25, 0.3) is 0 Å². The summed E-state index contributed by atoms with van der Waals surface area (Å²) in [6.45, 7) is 0. The third kappa shape index (κ3) is 8.17. The van der Waals surface area contributed by atoms with Gasteiger partial charge in [-0.05, 0) is 72.8 Å². The summed E-state index contributed by atoms with van der Waals surface area (Å²) < 4.78 is 40.6. The number of rotatable bonds is 3. The van der Waals surface area contributed by atoms with Crippen LogP contribution in [0.2, 0.25) is 0 Å². The van der Waals surface area contributed by atoms with Crippen LogP contribution < -0.4 is 4.74 Å². The topological polar surface area (TPSA) is 39.3 Å². The number of ether oxygens (including phenoxy) is 1. The van der Waals surface area contributed by atoms with E-state index in [0.29, 0.717) is 22.6 Å². The smallest absolute Gasteiger partial charge is 0.369 e. The minimum Gasteiger partial charge on any atom is -0.506 e. The Morgan fingerprint density at radius 2 is 1.09 bits per heavy atom. The number of phenolic OH excluding ortho intramolecular Hbond substituents is 1. The summed E-state index contributed by atoms with van der Waals surface area (Å²) in [7, 11) is 1.61. The molecule has 0 aliphatic heterocycles. The van der Waals surface area contributed by atoms with Gasteiger partial charge in [-0.3, -0.25) is 0 Å². The van der Waals surface area contributed by atoms with E-state index in [1.165, 1.54) is 12.1 Å². The van der Waals surface area contributed by atoms with Crippen LogP contribution in [-0.4, -0.2) is 24.5 Å². The van der Waals surface area contributed by atoms with Crippen LogP contribution in [0.4, 0.5) is 8.78 Å². The molecule has 0 saturated heterocycles. The largest absolute Gasteiger partial charge is 0.506 e. The van der Waals surface area contributed by atoms with Crippen LogP contribution in [0.25, 0.3) is 33.2 Å². The highest BCUT2D eigenvalue weighted by Gasteiger charge is 2.15. The van der Waals surface area contributed by atoms with Crippen molar-refractivity contribution in [3.63, 3.8) is 0 Å². The summed E-state index contributed by atoms with van der Waals surface area (Å²) >= 11 is 22.9. The molecule has 4 aromatic carbocycles. The fourth-order valence-electron chi connectivity index (χ4n) is 4.31. The van der Waals surface area contributed by atoms with Crippen LogP contribution in [0.15, 0.2) is 103 Å². The summed E-state index contributed by atoms with van der Waals surface area (Å²) in [4.78, 5) is 0. The summed E-state index contributed by atoms with van der Waals surface area (Å²) in [5, 5.41) is 11.8. The van der Waals surface area contributed by atoms with Gasteiger partial charge in [0.15, 0.2) is 0 Å². The zero-order valence-corrected chi connectivity index (χ0v) is 32.9. The Balaban J connectivity index is 0.000000176. The SMILES string of the molecule is BrB(Br)Br.COc1ccc(Br)c2ccn(-c3cc(Br)ccc3F)c12.Oc1ccc(Br)c2ccn(-c3cc(Br)ccc3F)c12. The third-order valence-electron chi connectivity index (χ3n) is 6.09. The molecular weight excluding hydrogens is 1020 g/mol. The molecule has 0 aliphatic carbocycles. The Bertz CT molecular complexity index is 1910. The zero-order chi connectivity index (χ0) is 31.4. The Morgan fingerprint density at radius 1 is 0.651 bits per heavy atom. The number of fused-ring (bicyclic) bond motifs is 2. The maximum Gasteiger partial charge on any atom is 0.369 e. The highest BCUT2D eigenvalue weighted by atomic mass is 79.9. The lowest BCUT2D eigenvalue weighted by molar-refractivity contribution is 0.418. The lowest BCUT2D eigenvalue weighted by Gasteiger charge is -2.11. The Morgan fingerprint density at radius 3 is 1.58 bits per heavy atom.